The van der Waals surface area contributed by atoms with E-state index in [2.05, 4.69) is 47.3 Å². The van der Waals surface area contributed by atoms with Crippen LogP contribution in [-0.4, -0.2) is 50.8 Å². The molecule has 2 heterocycles. The highest BCUT2D eigenvalue weighted by molar-refractivity contribution is 5.86. The first-order valence-corrected chi connectivity index (χ1v) is 8.82. The highest BCUT2D eigenvalue weighted by atomic mass is 16.3. The average Bonchev–Trinajstić information content (AvgIpc) is 3.04. The highest BCUT2D eigenvalue weighted by Gasteiger charge is 2.41. The van der Waals surface area contributed by atoms with Crippen LogP contribution >= 0.6 is 0 Å². The van der Waals surface area contributed by atoms with Crippen LogP contribution in [-0.2, 0) is 0 Å². The molecule has 2 aromatic heterocycles. The number of rotatable bonds is 5. The fourth-order valence-electron chi connectivity index (χ4n) is 4.17. The molecular weight excluding hydrogens is 302 g/mol. The third-order valence-corrected chi connectivity index (χ3v) is 5.34. The summed E-state index contributed by atoms with van der Waals surface area (Å²) in [5, 5.41) is 11.7. The van der Waals surface area contributed by atoms with E-state index < -0.39 is 0 Å². The van der Waals surface area contributed by atoms with Gasteiger partial charge in [0, 0.05) is 19.3 Å². The minimum Gasteiger partial charge on any atom is -0.391 e. The largest absolute Gasteiger partial charge is 0.391 e. The van der Waals surface area contributed by atoms with Gasteiger partial charge in [0.15, 0.2) is 0 Å². The molecule has 24 heavy (non-hydrogen) atoms. The van der Waals surface area contributed by atoms with Crippen LogP contribution in [0.25, 0.3) is 11.0 Å². The van der Waals surface area contributed by atoms with Gasteiger partial charge in [-0.1, -0.05) is 20.8 Å². The van der Waals surface area contributed by atoms with Gasteiger partial charge in [0.1, 0.15) is 17.8 Å². The van der Waals surface area contributed by atoms with E-state index in [9.17, 15) is 5.11 Å². The van der Waals surface area contributed by atoms with E-state index in [0.29, 0.717) is 17.7 Å². The van der Waals surface area contributed by atoms with Crippen molar-refractivity contribution in [1.82, 2.24) is 19.4 Å². The maximum absolute atomic E-state index is 10.8. The van der Waals surface area contributed by atoms with E-state index in [1.54, 1.807) is 0 Å². The number of hydrogen-bond donors (Lipinski definition) is 2. The van der Waals surface area contributed by atoms with Gasteiger partial charge in [-0.25, -0.2) is 9.97 Å². The minimum atomic E-state index is -0.366. The molecular formula is C18H29N5O. The first-order chi connectivity index (χ1) is 11.4. The lowest BCUT2D eigenvalue weighted by molar-refractivity contribution is 0.0908. The zero-order valence-electron chi connectivity index (χ0n) is 15.1. The molecule has 0 aliphatic heterocycles. The number of aromatic nitrogens is 3. The fourth-order valence-corrected chi connectivity index (χ4v) is 4.17. The van der Waals surface area contributed by atoms with Crippen molar-refractivity contribution >= 4 is 16.9 Å². The summed E-state index contributed by atoms with van der Waals surface area (Å²) in [6.45, 7) is 8.74. The van der Waals surface area contributed by atoms with Crippen molar-refractivity contribution in [1.29, 1.82) is 0 Å². The molecule has 6 nitrogen and oxygen atoms in total. The Morgan fingerprint density at radius 1 is 1.42 bits per heavy atom. The topological polar surface area (TPSA) is 80.2 Å². The molecule has 4 atom stereocenters. The quantitative estimate of drug-likeness (QED) is 0.877. The third kappa shape index (κ3) is 3.13. The van der Waals surface area contributed by atoms with Gasteiger partial charge in [-0.15, -0.1) is 0 Å². The van der Waals surface area contributed by atoms with E-state index in [0.717, 1.165) is 30.5 Å². The molecule has 0 aromatic carbocycles. The third-order valence-electron chi connectivity index (χ3n) is 5.34. The zero-order valence-corrected chi connectivity index (χ0v) is 15.1. The second kappa shape index (κ2) is 6.69. The number of nitrogens with zero attached hydrogens (tertiary/aromatic N) is 4. The maximum atomic E-state index is 10.8. The van der Waals surface area contributed by atoms with Crippen molar-refractivity contribution in [3.05, 3.63) is 18.6 Å². The second-order valence-electron chi connectivity index (χ2n) is 7.75. The summed E-state index contributed by atoms with van der Waals surface area (Å²) < 4.78 is 2.08. The lowest BCUT2D eigenvalue weighted by Crippen LogP contribution is -2.31. The number of aliphatic hydroxyl groups is 1. The monoisotopic (exact) mass is 331 g/mol. The van der Waals surface area contributed by atoms with Gasteiger partial charge in [0.05, 0.1) is 17.5 Å². The standard InChI is InChI=1S/C18H29N5O/c1-11(2)8-22(4)9-13-7-15(16(24)12(13)3)23-6-5-14-17(19)20-10-21-18(14)23/h5-6,10-13,15-16,24H,7-9H2,1-4H3,(H2,19,20,21). The van der Waals surface area contributed by atoms with Crippen molar-refractivity contribution in [3.8, 4) is 0 Å². The number of nitrogens with two attached hydrogens (primary N) is 1. The Morgan fingerprint density at radius 3 is 2.88 bits per heavy atom. The molecule has 0 radical (unpaired) electrons. The fraction of sp³-hybridized carbons (Fsp3) is 0.667. The summed E-state index contributed by atoms with van der Waals surface area (Å²) in [5.41, 5.74) is 6.75. The molecule has 0 bridgehead atoms. The van der Waals surface area contributed by atoms with Crippen LogP contribution in [0.5, 0.6) is 0 Å². The number of nitrogen functional groups attached to an aromatic ring is 1. The Morgan fingerprint density at radius 2 is 2.17 bits per heavy atom. The molecule has 6 heteroatoms. The Balaban J connectivity index is 1.80. The average molecular weight is 331 g/mol. The lowest BCUT2D eigenvalue weighted by atomic mass is 9.96. The highest BCUT2D eigenvalue weighted by Crippen LogP contribution is 2.41. The summed E-state index contributed by atoms with van der Waals surface area (Å²) in [5.74, 6) is 1.89. The van der Waals surface area contributed by atoms with Gasteiger partial charge in [0.25, 0.3) is 0 Å². The summed E-state index contributed by atoms with van der Waals surface area (Å²) in [4.78, 5) is 10.8. The Bertz CT molecular complexity index is 698. The van der Waals surface area contributed by atoms with E-state index in [1.807, 2.05) is 12.3 Å². The molecule has 1 saturated carbocycles. The SMILES string of the molecule is CC(C)CN(C)CC1CC(n2ccc3c(N)ncnc32)C(O)C1C. The van der Waals surface area contributed by atoms with Crippen LogP contribution in [0, 0.1) is 17.8 Å². The van der Waals surface area contributed by atoms with Gasteiger partial charge in [-0.05, 0) is 37.3 Å². The lowest BCUT2D eigenvalue weighted by Gasteiger charge is -2.25. The minimum absolute atomic E-state index is 0.0456. The Hall–Kier alpha value is -1.66. The van der Waals surface area contributed by atoms with E-state index in [1.165, 1.54) is 6.33 Å². The Kier molecular flexibility index (Phi) is 4.78. The molecule has 1 aliphatic carbocycles. The van der Waals surface area contributed by atoms with E-state index in [-0.39, 0.29) is 18.1 Å². The number of hydrogen-bond acceptors (Lipinski definition) is 5. The zero-order chi connectivity index (χ0) is 17.4. The first kappa shape index (κ1) is 17.2. The van der Waals surface area contributed by atoms with Crippen LogP contribution in [0.1, 0.15) is 33.2 Å². The molecule has 1 aliphatic rings. The number of fused-ring (bicyclic) bond motifs is 1. The van der Waals surface area contributed by atoms with Crippen molar-refractivity contribution in [2.24, 2.45) is 17.8 Å². The summed E-state index contributed by atoms with van der Waals surface area (Å²) in [6, 6.07) is 1.99. The molecule has 2 aromatic rings. The molecule has 132 valence electrons. The summed E-state index contributed by atoms with van der Waals surface area (Å²) in [7, 11) is 2.17. The predicted molar refractivity (Wildman–Crippen MR) is 96.6 cm³/mol. The van der Waals surface area contributed by atoms with Gasteiger partial charge < -0.3 is 20.3 Å². The van der Waals surface area contributed by atoms with E-state index >= 15 is 0 Å². The van der Waals surface area contributed by atoms with Crippen LogP contribution in [0.4, 0.5) is 5.82 Å². The van der Waals surface area contributed by atoms with Gasteiger partial charge in [-0.3, -0.25) is 0 Å². The van der Waals surface area contributed by atoms with Crippen molar-refractivity contribution in [2.75, 3.05) is 25.9 Å². The maximum Gasteiger partial charge on any atom is 0.145 e. The van der Waals surface area contributed by atoms with Crippen LogP contribution in [0.15, 0.2) is 18.6 Å². The second-order valence-corrected chi connectivity index (χ2v) is 7.75. The van der Waals surface area contributed by atoms with Crippen LogP contribution < -0.4 is 5.73 Å². The molecule has 0 amide bonds. The van der Waals surface area contributed by atoms with E-state index in [4.69, 9.17) is 5.73 Å². The van der Waals surface area contributed by atoms with Gasteiger partial charge in [0.2, 0.25) is 0 Å². The predicted octanol–water partition coefficient (Wildman–Crippen LogP) is 2.16. The molecule has 1 fully saturated rings. The van der Waals surface area contributed by atoms with Crippen molar-refractivity contribution in [2.45, 2.75) is 39.3 Å². The first-order valence-electron chi connectivity index (χ1n) is 8.82. The van der Waals surface area contributed by atoms with Crippen LogP contribution in [0.2, 0.25) is 0 Å². The summed E-state index contributed by atoms with van der Waals surface area (Å²) >= 11 is 0. The van der Waals surface area contributed by atoms with Gasteiger partial charge in [-0.2, -0.15) is 0 Å². The molecule has 0 spiro atoms. The molecule has 0 saturated heterocycles. The van der Waals surface area contributed by atoms with Gasteiger partial charge >= 0.3 is 0 Å². The number of aliphatic hydroxyl groups excluding tert-OH is 1. The number of anilines is 1. The van der Waals surface area contributed by atoms with Crippen molar-refractivity contribution in [3.63, 3.8) is 0 Å². The van der Waals surface area contributed by atoms with Crippen molar-refractivity contribution < 1.29 is 5.11 Å². The molecule has 3 N–H and O–H groups in total. The van der Waals surface area contributed by atoms with Crippen LogP contribution in [0.3, 0.4) is 0 Å². The molecule has 3 rings (SSSR count). The normalized spacial score (nSPS) is 27.6. The smallest absolute Gasteiger partial charge is 0.145 e. The molecule has 4 unspecified atom stereocenters. The Labute approximate surface area is 143 Å². The summed E-state index contributed by atoms with van der Waals surface area (Å²) in [6.07, 6.45) is 4.07.